The number of carbonyl (C=O) groups is 1. The molecule has 2 nitrogen and oxygen atoms in total. The van der Waals surface area contributed by atoms with Crippen LogP contribution in [0.1, 0.15) is 12.5 Å². The molecule has 76 valence electrons. The summed E-state index contributed by atoms with van der Waals surface area (Å²) in [6.45, 7) is 1.39. The quantitative estimate of drug-likeness (QED) is 0.777. The topological polar surface area (TPSA) is 26.3 Å². The second-order valence-corrected chi connectivity index (χ2v) is 3.33. The normalized spacial score (nSPS) is 10.0. The molecule has 0 aliphatic rings. The van der Waals surface area contributed by atoms with Crippen molar-refractivity contribution in [1.29, 1.82) is 0 Å². The first-order valence-corrected chi connectivity index (χ1v) is 4.44. The molecule has 0 amide bonds. The Labute approximate surface area is 86.6 Å². The molecule has 0 saturated carbocycles. The molecule has 1 rings (SSSR count). The van der Waals surface area contributed by atoms with Crippen LogP contribution in [0.25, 0.3) is 0 Å². The average molecular weight is 217 g/mol. The Bertz CT molecular complexity index is 363. The number of hydrogen-bond donors (Lipinski definition) is 0. The first-order valence-electron chi connectivity index (χ1n) is 4.06. The molecule has 0 aliphatic heterocycles. The van der Waals surface area contributed by atoms with Crippen molar-refractivity contribution in [2.24, 2.45) is 0 Å². The Morgan fingerprint density at radius 2 is 2.21 bits per heavy atom. The van der Waals surface area contributed by atoms with Crippen LogP contribution in [-0.4, -0.2) is 12.9 Å². The lowest BCUT2D eigenvalue weighted by Gasteiger charge is -2.08. The number of methoxy groups -OCH3 is 1. The zero-order valence-electron chi connectivity index (χ0n) is 7.93. The molecule has 0 spiro atoms. The highest BCUT2D eigenvalue weighted by atomic mass is 35.5. The SMILES string of the molecule is COc1ccc(Cl)c(F)c1CC(C)=O. The summed E-state index contributed by atoms with van der Waals surface area (Å²) < 4.78 is 18.4. The van der Waals surface area contributed by atoms with E-state index in [-0.39, 0.29) is 22.8 Å². The molecule has 0 saturated heterocycles. The molecule has 0 radical (unpaired) electrons. The minimum absolute atomic E-state index is 0.00190. The minimum atomic E-state index is -0.582. The van der Waals surface area contributed by atoms with Crippen LogP contribution in [0.2, 0.25) is 5.02 Å². The van der Waals surface area contributed by atoms with Crippen LogP contribution in [0.3, 0.4) is 0 Å². The van der Waals surface area contributed by atoms with Crippen molar-refractivity contribution in [3.05, 3.63) is 28.5 Å². The summed E-state index contributed by atoms with van der Waals surface area (Å²) in [7, 11) is 1.42. The zero-order valence-corrected chi connectivity index (χ0v) is 8.69. The van der Waals surface area contributed by atoms with Crippen molar-refractivity contribution in [1.82, 2.24) is 0 Å². The van der Waals surface area contributed by atoms with Crippen molar-refractivity contribution in [2.45, 2.75) is 13.3 Å². The number of carbonyl (C=O) groups excluding carboxylic acids is 1. The van der Waals surface area contributed by atoms with E-state index >= 15 is 0 Å². The molecule has 0 N–H and O–H groups in total. The molecule has 0 aromatic heterocycles. The van der Waals surface area contributed by atoms with Gasteiger partial charge in [0.1, 0.15) is 17.3 Å². The van der Waals surface area contributed by atoms with Crippen molar-refractivity contribution < 1.29 is 13.9 Å². The molecular formula is C10H10ClFO2. The third-order valence-electron chi connectivity index (χ3n) is 1.80. The van der Waals surface area contributed by atoms with Gasteiger partial charge in [0.25, 0.3) is 0 Å². The standard InChI is InChI=1S/C10H10ClFO2/c1-6(13)5-7-9(14-2)4-3-8(11)10(7)12/h3-4H,5H2,1-2H3. The lowest BCUT2D eigenvalue weighted by molar-refractivity contribution is -0.116. The Morgan fingerprint density at radius 1 is 1.57 bits per heavy atom. The predicted molar refractivity (Wildman–Crippen MR) is 52.3 cm³/mol. The van der Waals surface area contributed by atoms with Gasteiger partial charge >= 0.3 is 0 Å². The van der Waals surface area contributed by atoms with E-state index < -0.39 is 5.82 Å². The van der Waals surface area contributed by atoms with Gasteiger partial charge in [0.05, 0.1) is 12.1 Å². The van der Waals surface area contributed by atoms with Gasteiger partial charge < -0.3 is 4.74 Å². The van der Waals surface area contributed by atoms with E-state index in [4.69, 9.17) is 16.3 Å². The van der Waals surface area contributed by atoms with Crippen LogP contribution in [-0.2, 0) is 11.2 Å². The minimum Gasteiger partial charge on any atom is -0.496 e. The van der Waals surface area contributed by atoms with Crippen LogP contribution >= 0.6 is 11.6 Å². The summed E-state index contributed by atoms with van der Waals surface area (Å²) >= 11 is 5.58. The maximum atomic E-state index is 13.4. The third kappa shape index (κ3) is 2.23. The predicted octanol–water partition coefficient (Wildman–Crippen LogP) is 2.62. The summed E-state index contributed by atoms with van der Waals surface area (Å²) in [5.41, 5.74) is 0.215. The third-order valence-corrected chi connectivity index (χ3v) is 2.09. The first kappa shape index (κ1) is 11.0. The molecule has 4 heteroatoms. The van der Waals surface area contributed by atoms with E-state index in [0.29, 0.717) is 5.75 Å². The maximum absolute atomic E-state index is 13.4. The number of halogens is 2. The van der Waals surface area contributed by atoms with Gasteiger partial charge in [-0.15, -0.1) is 0 Å². The fourth-order valence-electron chi connectivity index (χ4n) is 1.18. The van der Waals surface area contributed by atoms with Crippen molar-refractivity contribution in [2.75, 3.05) is 7.11 Å². The molecule has 1 aromatic carbocycles. The Balaban J connectivity index is 3.20. The Hall–Kier alpha value is -1.09. The highest BCUT2D eigenvalue weighted by Crippen LogP contribution is 2.27. The highest BCUT2D eigenvalue weighted by Gasteiger charge is 2.14. The van der Waals surface area contributed by atoms with Crippen molar-refractivity contribution in [3.63, 3.8) is 0 Å². The molecule has 0 fully saturated rings. The van der Waals surface area contributed by atoms with Crippen LogP contribution in [0.5, 0.6) is 5.75 Å². The van der Waals surface area contributed by atoms with Crippen molar-refractivity contribution in [3.8, 4) is 5.75 Å². The monoisotopic (exact) mass is 216 g/mol. The van der Waals surface area contributed by atoms with E-state index in [9.17, 15) is 9.18 Å². The van der Waals surface area contributed by atoms with E-state index in [1.54, 1.807) is 6.07 Å². The number of rotatable bonds is 3. The Morgan fingerprint density at radius 3 is 2.71 bits per heavy atom. The molecule has 0 aliphatic carbocycles. The van der Waals surface area contributed by atoms with Crippen LogP contribution in [0, 0.1) is 5.82 Å². The van der Waals surface area contributed by atoms with Gasteiger partial charge in [-0.05, 0) is 19.1 Å². The lowest BCUT2D eigenvalue weighted by Crippen LogP contribution is -2.03. The summed E-state index contributed by atoms with van der Waals surface area (Å²) in [6.07, 6.45) is -0.00440. The molecule has 1 aromatic rings. The van der Waals surface area contributed by atoms with Gasteiger partial charge in [0.2, 0.25) is 0 Å². The smallest absolute Gasteiger partial charge is 0.149 e. The van der Waals surface area contributed by atoms with Gasteiger partial charge in [0, 0.05) is 12.0 Å². The molecule has 0 unspecified atom stereocenters. The first-order chi connectivity index (χ1) is 6.56. The average Bonchev–Trinajstić information content (AvgIpc) is 2.13. The number of hydrogen-bond acceptors (Lipinski definition) is 2. The fourth-order valence-corrected chi connectivity index (χ4v) is 1.36. The zero-order chi connectivity index (χ0) is 10.7. The summed E-state index contributed by atoms with van der Waals surface area (Å²) in [4.78, 5) is 10.9. The van der Waals surface area contributed by atoms with E-state index in [1.807, 2.05) is 0 Å². The van der Waals surface area contributed by atoms with E-state index in [1.165, 1.54) is 20.1 Å². The number of benzene rings is 1. The molecular weight excluding hydrogens is 207 g/mol. The molecule has 0 bridgehead atoms. The molecule has 14 heavy (non-hydrogen) atoms. The largest absolute Gasteiger partial charge is 0.496 e. The lowest BCUT2D eigenvalue weighted by atomic mass is 10.1. The van der Waals surface area contributed by atoms with E-state index in [2.05, 4.69) is 0 Å². The van der Waals surface area contributed by atoms with Gasteiger partial charge in [-0.1, -0.05) is 11.6 Å². The summed E-state index contributed by atoms with van der Waals surface area (Å²) in [5, 5.41) is 0.00190. The molecule has 0 heterocycles. The highest BCUT2D eigenvalue weighted by molar-refractivity contribution is 6.30. The van der Waals surface area contributed by atoms with Gasteiger partial charge in [-0.2, -0.15) is 0 Å². The van der Waals surface area contributed by atoms with Crippen LogP contribution in [0.4, 0.5) is 4.39 Å². The summed E-state index contributed by atoms with van der Waals surface area (Å²) in [6, 6.07) is 2.95. The second kappa shape index (κ2) is 4.42. The number of ketones is 1. The second-order valence-electron chi connectivity index (χ2n) is 2.92. The summed E-state index contributed by atoms with van der Waals surface area (Å²) in [5.74, 6) is -0.368. The van der Waals surface area contributed by atoms with E-state index in [0.717, 1.165) is 0 Å². The Kier molecular flexibility index (Phi) is 3.47. The maximum Gasteiger partial charge on any atom is 0.149 e. The van der Waals surface area contributed by atoms with Crippen LogP contribution in [0.15, 0.2) is 12.1 Å². The number of ether oxygens (including phenoxy) is 1. The van der Waals surface area contributed by atoms with Gasteiger partial charge in [-0.25, -0.2) is 4.39 Å². The van der Waals surface area contributed by atoms with Crippen molar-refractivity contribution >= 4 is 17.4 Å². The molecule has 0 atom stereocenters. The number of Topliss-reactive ketones (excluding diaryl/α,β-unsaturated/α-hetero) is 1. The van der Waals surface area contributed by atoms with Gasteiger partial charge in [0.15, 0.2) is 0 Å². The van der Waals surface area contributed by atoms with Gasteiger partial charge in [-0.3, -0.25) is 4.79 Å². The van der Waals surface area contributed by atoms with Crippen LogP contribution < -0.4 is 4.74 Å². The fraction of sp³-hybridized carbons (Fsp3) is 0.300.